The molecule has 2 heterocycles. The topological polar surface area (TPSA) is 100 Å². The number of hydrogen-bond acceptors (Lipinski definition) is 5. The third kappa shape index (κ3) is 3.21. The molecule has 7 heteroatoms. The van der Waals surface area contributed by atoms with Crippen LogP contribution in [0.15, 0.2) is 23.7 Å². The molecule has 0 saturated carbocycles. The van der Waals surface area contributed by atoms with E-state index in [4.69, 9.17) is 20.8 Å². The van der Waals surface area contributed by atoms with Crippen LogP contribution >= 0.6 is 0 Å². The molecule has 1 aliphatic rings. The molecule has 22 heavy (non-hydrogen) atoms. The van der Waals surface area contributed by atoms with Crippen molar-refractivity contribution in [2.24, 2.45) is 11.5 Å². The van der Waals surface area contributed by atoms with Crippen LogP contribution in [0.2, 0.25) is 0 Å². The zero-order valence-electron chi connectivity index (χ0n) is 13.4. The van der Waals surface area contributed by atoms with Gasteiger partial charge < -0.3 is 20.8 Å². The molecule has 2 rings (SSSR count). The van der Waals surface area contributed by atoms with Crippen molar-refractivity contribution >= 4 is 19.1 Å². The second kappa shape index (κ2) is 5.83. The smallest absolute Gasteiger partial charge is 0.400 e. The fourth-order valence-corrected chi connectivity index (χ4v) is 2.08. The van der Waals surface area contributed by atoms with Crippen LogP contribution in [0.25, 0.3) is 6.08 Å². The Morgan fingerprint density at radius 1 is 1.27 bits per heavy atom. The number of carbonyl (C=O) groups excluding carboxylic acids is 1. The van der Waals surface area contributed by atoms with Crippen molar-refractivity contribution in [2.75, 3.05) is 6.54 Å². The van der Waals surface area contributed by atoms with Crippen LogP contribution in [0.1, 0.15) is 43.9 Å². The number of nitrogens with zero attached hydrogens (tertiary/aromatic N) is 1. The van der Waals surface area contributed by atoms with Crippen molar-refractivity contribution in [1.29, 1.82) is 0 Å². The minimum absolute atomic E-state index is 0.207. The quantitative estimate of drug-likeness (QED) is 0.813. The molecule has 0 bridgehead atoms. The minimum Gasteiger partial charge on any atom is -0.400 e. The zero-order valence-corrected chi connectivity index (χ0v) is 13.4. The average Bonchev–Trinajstić information content (AvgIpc) is 2.65. The lowest BCUT2D eigenvalue weighted by atomic mass is 9.77. The van der Waals surface area contributed by atoms with Gasteiger partial charge in [0.2, 0.25) is 0 Å². The van der Waals surface area contributed by atoms with Crippen LogP contribution in [0.4, 0.5) is 0 Å². The highest BCUT2D eigenvalue weighted by Crippen LogP contribution is 2.38. The third-order valence-corrected chi connectivity index (χ3v) is 4.15. The second-order valence-corrected chi connectivity index (χ2v) is 6.32. The number of aromatic nitrogens is 1. The molecule has 0 aliphatic carbocycles. The predicted molar refractivity (Wildman–Crippen MR) is 85.9 cm³/mol. The normalized spacial score (nSPS) is 20.2. The fourth-order valence-electron chi connectivity index (χ4n) is 2.08. The summed E-state index contributed by atoms with van der Waals surface area (Å²) in [5, 5.41) is 0. The summed E-state index contributed by atoms with van der Waals surface area (Å²) in [6, 6.07) is 5.06. The number of primary amides is 1. The molecule has 1 fully saturated rings. The average molecular weight is 303 g/mol. The van der Waals surface area contributed by atoms with Crippen LogP contribution in [0, 0.1) is 0 Å². The van der Waals surface area contributed by atoms with Gasteiger partial charge in [-0.05, 0) is 51.4 Å². The molecule has 1 amide bonds. The Labute approximate surface area is 131 Å². The van der Waals surface area contributed by atoms with Gasteiger partial charge in [0.15, 0.2) is 0 Å². The second-order valence-electron chi connectivity index (χ2n) is 6.32. The summed E-state index contributed by atoms with van der Waals surface area (Å²) < 4.78 is 12.0. The Balaban J connectivity index is 2.29. The van der Waals surface area contributed by atoms with E-state index >= 15 is 0 Å². The molecule has 4 N–H and O–H groups in total. The first-order chi connectivity index (χ1) is 10.2. The molecule has 1 saturated heterocycles. The van der Waals surface area contributed by atoms with E-state index in [1.54, 1.807) is 24.3 Å². The largest absolute Gasteiger partial charge is 0.491 e. The van der Waals surface area contributed by atoms with Gasteiger partial charge in [-0.3, -0.25) is 4.79 Å². The molecule has 0 spiro atoms. The predicted octanol–water partition coefficient (Wildman–Crippen LogP) is 1.15. The maximum atomic E-state index is 11.2. The highest BCUT2D eigenvalue weighted by Gasteiger charge is 2.52. The summed E-state index contributed by atoms with van der Waals surface area (Å²) in [7, 11) is -0.533. The first kappa shape index (κ1) is 16.7. The molecule has 0 unspecified atom stereocenters. The van der Waals surface area contributed by atoms with Gasteiger partial charge in [-0.15, -0.1) is 0 Å². The third-order valence-electron chi connectivity index (χ3n) is 4.15. The molecule has 0 radical (unpaired) electrons. The Hall–Kier alpha value is -1.70. The summed E-state index contributed by atoms with van der Waals surface area (Å²) in [4.78, 5) is 15.4. The summed E-state index contributed by atoms with van der Waals surface area (Å²) in [5.74, 6) is -0.569. The van der Waals surface area contributed by atoms with E-state index in [0.29, 0.717) is 5.69 Å². The number of pyridine rings is 1. The Bertz CT molecular complexity index is 598. The number of nitrogens with two attached hydrogens (primary N) is 2. The Kier molecular flexibility index (Phi) is 4.42. The lowest BCUT2D eigenvalue weighted by Crippen LogP contribution is -2.41. The first-order valence-electron chi connectivity index (χ1n) is 7.19. The maximum Gasteiger partial charge on any atom is 0.491 e. The van der Waals surface area contributed by atoms with E-state index in [1.807, 2.05) is 27.7 Å². The van der Waals surface area contributed by atoms with Gasteiger partial charge >= 0.3 is 7.12 Å². The van der Waals surface area contributed by atoms with E-state index in [0.717, 1.165) is 5.47 Å². The summed E-state index contributed by atoms with van der Waals surface area (Å²) in [6.45, 7) is 8.18. The number of rotatable bonds is 4. The van der Waals surface area contributed by atoms with E-state index in [-0.39, 0.29) is 12.2 Å². The van der Waals surface area contributed by atoms with Crippen LogP contribution in [0.3, 0.4) is 0 Å². The van der Waals surface area contributed by atoms with Gasteiger partial charge in [0.1, 0.15) is 5.69 Å². The summed E-state index contributed by atoms with van der Waals surface area (Å²) in [5.41, 5.74) is 11.8. The van der Waals surface area contributed by atoms with Crippen LogP contribution in [-0.2, 0) is 9.31 Å². The molecule has 118 valence electrons. The molecular weight excluding hydrogens is 281 g/mol. The van der Waals surface area contributed by atoms with Gasteiger partial charge in [0.05, 0.1) is 16.9 Å². The van der Waals surface area contributed by atoms with Gasteiger partial charge in [-0.2, -0.15) is 0 Å². The number of hydrogen-bond donors (Lipinski definition) is 2. The van der Waals surface area contributed by atoms with Crippen molar-refractivity contribution in [1.82, 2.24) is 4.98 Å². The fraction of sp³-hybridized carbons (Fsp3) is 0.467. The molecule has 0 aromatic carbocycles. The molecule has 0 atom stereocenters. The first-order valence-corrected chi connectivity index (χ1v) is 7.19. The minimum atomic E-state index is -0.569. The van der Waals surface area contributed by atoms with Crippen molar-refractivity contribution in [3.63, 3.8) is 0 Å². The van der Waals surface area contributed by atoms with Gasteiger partial charge in [-0.25, -0.2) is 4.98 Å². The molecule has 6 nitrogen and oxygen atoms in total. The lowest BCUT2D eigenvalue weighted by molar-refractivity contribution is 0.00578. The van der Waals surface area contributed by atoms with Crippen molar-refractivity contribution in [3.05, 3.63) is 35.1 Å². The SMILES string of the molecule is CC1(C)OB(C(=Cc2cccc(C(N)=O)n2)CN)OC1(C)C. The Morgan fingerprint density at radius 2 is 1.86 bits per heavy atom. The van der Waals surface area contributed by atoms with E-state index in [9.17, 15) is 4.79 Å². The highest BCUT2D eigenvalue weighted by atomic mass is 16.7. The number of carbonyl (C=O) groups is 1. The maximum absolute atomic E-state index is 11.2. The monoisotopic (exact) mass is 303 g/mol. The van der Waals surface area contributed by atoms with Gasteiger partial charge in [-0.1, -0.05) is 6.07 Å². The molecule has 1 aliphatic heterocycles. The molecule has 1 aromatic rings. The van der Waals surface area contributed by atoms with Crippen LogP contribution < -0.4 is 11.5 Å². The van der Waals surface area contributed by atoms with E-state index in [1.165, 1.54) is 0 Å². The Morgan fingerprint density at radius 3 is 2.36 bits per heavy atom. The summed E-state index contributed by atoms with van der Waals surface area (Å²) in [6.07, 6.45) is 1.77. The van der Waals surface area contributed by atoms with Gasteiger partial charge in [0.25, 0.3) is 5.91 Å². The molecule has 1 aromatic heterocycles. The van der Waals surface area contributed by atoms with E-state index in [2.05, 4.69) is 4.98 Å². The van der Waals surface area contributed by atoms with Crippen LogP contribution in [-0.4, -0.2) is 35.8 Å². The van der Waals surface area contributed by atoms with Crippen molar-refractivity contribution in [2.45, 2.75) is 38.9 Å². The molecular formula is C15H22BN3O3. The van der Waals surface area contributed by atoms with Crippen molar-refractivity contribution in [3.8, 4) is 0 Å². The zero-order chi connectivity index (χ0) is 16.5. The number of amides is 1. The van der Waals surface area contributed by atoms with Gasteiger partial charge in [0, 0.05) is 6.54 Å². The van der Waals surface area contributed by atoms with Crippen LogP contribution in [0.5, 0.6) is 0 Å². The van der Waals surface area contributed by atoms with Crippen molar-refractivity contribution < 1.29 is 14.1 Å². The van der Waals surface area contributed by atoms with E-state index < -0.39 is 24.2 Å². The lowest BCUT2D eigenvalue weighted by Gasteiger charge is -2.32. The summed E-state index contributed by atoms with van der Waals surface area (Å²) >= 11 is 0. The highest BCUT2D eigenvalue weighted by molar-refractivity contribution is 6.55. The standard InChI is InChI=1S/C15H22BN3O3/c1-14(2)15(3,4)22-16(21-14)10(9-17)8-11-6-5-7-12(19-11)13(18)20/h5-8H,9,17H2,1-4H3,(H2,18,20).